The minimum Gasteiger partial charge on any atom is -0.367 e. The minimum absolute atomic E-state index is 0.227. The van der Waals surface area contributed by atoms with Gasteiger partial charge in [-0.05, 0) is 31.4 Å². The largest absolute Gasteiger partial charge is 0.367 e. The van der Waals surface area contributed by atoms with E-state index in [1.165, 1.54) is 12.8 Å². The minimum atomic E-state index is 0.227. The van der Waals surface area contributed by atoms with E-state index in [0.717, 1.165) is 29.4 Å². The average Bonchev–Trinajstić information content (AvgIpc) is 2.31. The highest BCUT2D eigenvalue weighted by Crippen LogP contribution is 2.22. The van der Waals surface area contributed by atoms with Crippen LogP contribution < -0.4 is 5.32 Å². The molecule has 1 aliphatic rings. The lowest BCUT2D eigenvalue weighted by molar-refractivity contribution is 0.656. The van der Waals surface area contributed by atoms with Crippen molar-refractivity contribution < 1.29 is 0 Å². The molecule has 0 saturated carbocycles. The molecule has 86 valence electrons. The van der Waals surface area contributed by atoms with Crippen LogP contribution in [0.15, 0.2) is 29.3 Å². The van der Waals surface area contributed by atoms with E-state index in [1.54, 1.807) is 0 Å². The zero-order valence-electron chi connectivity index (χ0n) is 9.54. The molecule has 0 bridgehead atoms. The SMILES string of the molecule is CC(NC1=NCCCC1)c1ccccc1Cl. The van der Waals surface area contributed by atoms with Gasteiger partial charge in [0.15, 0.2) is 0 Å². The number of nitrogens with zero attached hydrogens (tertiary/aromatic N) is 1. The van der Waals surface area contributed by atoms with Gasteiger partial charge in [0, 0.05) is 18.0 Å². The molecule has 1 heterocycles. The van der Waals surface area contributed by atoms with Gasteiger partial charge in [0.2, 0.25) is 0 Å². The van der Waals surface area contributed by atoms with Gasteiger partial charge < -0.3 is 5.32 Å². The first-order valence-corrected chi connectivity index (χ1v) is 6.19. The summed E-state index contributed by atoms with van der Waals surface area (Å²) in [5.74, 6) is 1.12. The third-order valence-electron chi connectivity index (χ3n) is 2.88. The normalized spacial score (nSPS) is 17.8. The fourth-order valence-electron chi connectivity index (χ4n) is 1.97. The first-order chi connectivity index (χ1) is 7.77. The maximum absolute atomic E-state index is 6.16. The second-order valence-electron chi connectivity index (χ2n) is 4.17. The van der Waals surface area contributed by atoms with Gasteiger partial charge in [-0.3, -0.25) is 4.99 Å². The maximum Gasteiger partial charge on any atom is 0.0967 e. The Labute approximate surface area is 102 Å². The van der Waals surface area contributed by atoms with Crippen molar-refractivity contribution in [2.75, 3.05) is 6.54 Å². The lowest BCUT2D eigenvalue weighted by Crippen LogP contribution is -2.28. The maximum atomic E-state index is 6.16. The molecule has 1 aromatic rings. The summed E-state index contributed by atoms with van der Waals surface area (Å²) >= 11 is 6.16. The van der Waals surface area contributed by atoms with Crippen LogP contribution in [0.5, 0.6) is 0 Å². The molecule has 1 aromatic carbocycles. The Morgan fingerprint density at radius 1 is 1.31 bits per heavy atom. The number of amidine groups is 1. The second kappa shape index (κ2) is 5.35. The van der Waals surface area contributed by atoms with E-state index in [4.69, 9.17) is 11.6 Å². The van der Waals surface area contributed by atoms with Crippen molar-refractivity contribution in [3.05, 3.63) is 34.9 Å². The highest BCUT2D eigenvalue weighted by Gasteiger charge is 2.12. The Kier molecular flexibility index (Phi) is 3.83. The van der Waals surface area contributed by atoms with Gasteiger partial charge >= 0.3 is 0 Å². The standard InChI is InChI=1S/C13H17ClN2/c1-10(11-6-2-3-7-12(11)14)16-13-8-4-5-9-15-13/h2-3,6-7,10H,4-5,8-9H2,1H3,(H,15,16). The smallest absolute Gasteiger partial charge is 0.0967 e. The van der Waals surface area contributed by atoms with Gasteiger partial charge in [-0.25, -0.2) is 0 Å². The lowest BCUT2D eigenvalue weighted by atomic mass is 10.1. The van der Waals surface area contributed by atoms with Crippen LogP contribution in [0.1, 0.15) is 37.8 Å². The molecular weight excluding hydrogens is 220 g/mol. The molecule has 2 nitrogen and oxygen atoms in total. The van der Waals surface area contributed by atoms with Crippen molar-refractivity contribution in [2.45, 2.75) is 32.2 Å². The number of nitrogens with one attached hydrogen (secondary N) is 1. The average molecular weight is 237 g/mol. The quantitative estimate of drug-likeness (QED) is 0.834. The summed E-state index contributed by atoms with van der Waals surface area (Å²) in [6.07, 6.45) is 3.52. The van der Waals surface area contributed by atoms with Crippen LogP contribution >= 0.6 is 11.6 Å². The molecule has 0 aromatic heterocycles. The van der Waals surface area contributed by atoms with Gasteiger partial charge in [-0.1, -0.05) is 29.8 Å². The van der Waals surface area contributed by atoms with Gasteiger partial charge in [0.1, 0.15) is 0 Å². The van der Waals surface area contributed by atoms with Crippen LogP contribution in [0.4, 0.5) is 0 Å². The number of hydrogen-bond acceptors (Lipinski definition) is 2. The first kappa shape index (κ1) is 11.5. The first-order valence-electron chi connectivity index (χ1n) is 5.81. The van der Waals surface area contributed by atoms with Crippen LogP contribution in [0.25, 0.3) is 0 Å². The summed E-state index contributed by atoms with van der Waals surface area (Å²) in [6, 6.07) is 8.19. The van der Waals surface area contributed by atoms with Crippen molar-refractivity contribution >= 4 is 17.4 Å². The van der Waals surface area contributed by atoms with Crippen LogP contribution in [0, 0.1) is 0 Å². The zero-order chi connectivity index (χ0) is 11.4. The topological polar surface area (TPSA) is 24.4 Å². The van der Waals surface area contributed by atoms with E-state index in [0.29, 0.717) is 0 Å². The number of hydrogen-bond donors (Lipinski definition) is 1. The molecule has 16 heavy (non-hydrogen) atoms. The van der Waals surface area contributed by atoms with Crippen molar-refractivity contribution in [3.8, 4) is 0 Å². The lowest BCUT2D eigenvalue weighted by Gasteiger charge is -2.20. The molecule has 0 aliphatic carbocycles. The Morgan fingerprint density at radius 3 is 2.81 bits per heavy atom. The van der Waals surface area contributed by atoms with E-state index in [2.05, 4.69) is 23.3 Å². The summed E-state index contributed by atoms with van der Waals surface area (Å²) in [5.41, 5.74) is 1.14. The Bertz CT molecular complexity index is 387. The van der Waals surface area contributed by atoms with E-state index in [-0.39, 0.29) is 6.04 Å². The summed E-state index contributed by atoms with van der Waals surface area (Å²) in [4.78, 5) is 4.49. The summed E-state index contributed by atoms with van der Waals surface area (Å²) in [6.45, 7) is 3.08. The van der Waals surface area contributed by atoms with Crippen molar-refractivity contribution in [1.82, 2.24) is 5.32 Å². The fraction of sp³-hybridized carbons (Fsp3) is 0.462. The molecule has 3 heteroatoms. The third kappa shape index (κ3) is 2.76. The molecule has 0 radical (unpaired) electrons. The monoisotopic (exact) mass is 236 g/mol. The molecule has 1 unspecified atom stereocenters. The summed E-state index contributed by atoms with van der Waals surface area (Å²) < 4.78 is 0. The molecule has 2 rings (SSSR count). The molecular formula is C13H17ClN2. The molecule has 1 atom stereocenters. The molecule has 0 fully saturated rings. The van der Waals surface area contributed by atoms with Crippen molar-refractivity contribution in [2.24, 2.45) is 4.99 Å². The van der Waals surface area contributed by atoms with Gasteiger partial charge in [-0.2, -0.15) is 0 Å². The third-order valence-corrected chi connectivity index (χ3v) is 3.22. The highest BCUT2D eigenvalue weighted by atomic mass is 35.5. The van der Waals surface area contributed by atoms with Gasteiger partial charge in [-0.15, -0.1) is 0 Å². The van der Waals surface area contributed by atoms with Crippen LogP contribution in [-0.4, -0.2) is 12.4 Å². The number of aliphatic imine (C=N–C) groups is 1. The van der Waals surface area contributed by atoms with E-state index < -0.39 is 0 Å². The number of benzene rings is 1. The van der Waals surface area contributed by atoms with Crippen LogP contribution in [0.2, 0.25) is 5.02 Å². The molecule has 1 aliphatic heterocycles. The summed E-state index contributed by atoms with van der Waals surface area (Å²) in [7, 11) is 0. The van der Waals surface area contributed by atoms with Crippen molar-refractivity contribution in [1.29, 1.82) is 0 Å². The Morgan fingerprint density at radius 2 is 2.12 bits per heavy atom. The van der Waals surface area contributed by atoms with E-state index in [1.807, 2.05) is 18.2 Å². The molecule has 0 saturated heterocycles. The van der Waals surface area contributed by atoms with Crippen LogP contribution in [0.3, 0.4) is 0 Å². The summed E-state index contributed by atoms with van der Waals surface area (Å²) in [5, 5.41) is 4.26. The zero-order valence-corrected chi connectivity index (χ0v) is 10.3. The Hall–Kier alpha value is -1.02. The molecule has 1 N–H and O–H groups in total. The molecule has 0 spiro atoms. The van der Waals surface area contributed by atoms with Gasteiger partial charge in [0.25, 0.3) is 0 Å². The Balaban J connectivity index is 2.05. The molecule has 0 amide bonds. The van der Waals surface area contributed by atoms with E-state index in [9.17, 15) is 0 Å². The predicted octanol–water partition coefficient (Wildman–Crippen LogP) is 3.57. The van der Waals surface area contributed by atoms with E-state index >= 15 is 0 Å². The van der Waals surface area contributed by atoms with Crippen LogP contribution in [-0.2, 0) is 0 Å². The highest BCUT2D eigenvalue weighted by molar-refractivity contribution is 6.31. The van der Waals surface area contributed by atoms with Gasteiger partial charge in [0.05, 0.1) is 11.9 Å². The van der Waals surface area contributed by atoms with Crippen molar-refractivity contribution in [3.63, 3.8) is 0 Å². The predicted molar refractivity (Wildman–Crippen MR) is 69.2 cm³/mol. The second-order valence-corrected chi connectivity index (χ2v) is 4.58. The number of halogens is 1. The fourth-order valence-corrected chi connectivity index (χ4v) is 2.27. The number of rotatable bonds is 2.